The molecule has 0 bridgehead atoms. The summed E-state index contributed by atoms with van der Waals surface area (Å²) in [6.07, 6.45) is 1.79. The highest BCUT2D eigenvalue weighted by atomic mass is 35.5. The number of nitrogens with one attached hydrogen (secondary N) is 1. The highest BCUT2D eigenvalue weighted by Gasteiger charge is 2.50. The average Bonchev–Trinajstić information content (AvgIpc) is 3.36. The molecule has 2 aromatic carbocycles. The molecule has 25 heavy (non-hydrogen) atoms. The Kier molecular flexibility index (Phi) is 4.00. The van der Waals surface area contributed by atoms with E-state index < -0.39 is 0 Å². The largest absolute Gasteiger partial charge is 0.354 e. The van der Waals surface area contributed by atoms with Crippen LogP contribution in [0.3, 0.4) is 0 Å². The fraction of sp³-hybridized carbons (Fsp3) is 0.300. The summed E-state index contributed by atoms with van der Waals surface area (Å²) in [5.74, 6) is 1.08. The van der Waals surface area contributed by atoms with Gasteiger partial charge in [0.15, 0.2) is 0 Å². The van der Waals surface area contributed by atoms with Gasteiger partial charge in [-0.3, -0.25) is 4.79 Å². The van der Waals surface area contributed by atoms with Crippen molar-refractivity contribution in [3.63, 3.8) is 0 Å². The Morgan fingerprint density at radius 1 is 1.20 bits per heavy atom. The molecule has 1 fully saturated rings. The van der Waals surface area contributed by atoms with E-state index in [1.54, 1.807) is 0 Å². The van der Waals surface area contributed by atoms with Crippen molar-refractivity contribution < 1.29 is 4.79 Å². The fourth-order valence-corrected chi connectivity index (χ4v) is 3.60. The lowest BCUT2D eigenvalue weighted by molar-refractivity contribution is -0.123. The second-order valence-corrected chi connectivity index (χ2v) is 7.08. The maximum absolute atomic E-state index is 12.7. The summed E-state index contributed by atoms with van der Waals surface area (Å²) in [4.78, 5) is 17.3. The minimum atomic E-state index is -0.364. The van der Waals surface area contributed by atoms with Crippen LogP contribution in [0.5, 0.6) is 0 Å². The van der Waals surface area contributed by atoms with Gasteiger partial charge in [0, 0.05) is 18.1 Å². The minimum absolute atomic E-state index is 0.108. The van der Waals surface area contributed by atoms with Gasteiger partial charge in [-0.05, 0) is 49.6 Å². The van der Waals surface area contributed by atoms with Crippen LogP contribution in [0, 0.1) is 6.92 Å². The fourth-order valence-electron chi connectivity index (χ4n) is 3.47. The van der Waals surface area contributed by atoms with Gasteiger partial charge in [-0.15, -0.1) is 0 Å². The predicted octanol–water partition coefficient (Wildman–Crippen LogP) is 3.85. The number of halogens is 1. The van der Waals surface area contributed by atoms with Crippen molar-refractivity contribution in [1.82, 2.24) is 14.9 Å². The van der Waals surface area contributed by atoms with Crippen molar-refractivity contribution in [3.8, 4) is 0 Å². The molecule has 1 N–H and O–H groups in total. The van der Waals surface area contributed by atoms with E-state index in [0.29, 0.717) is 11.6 Å². The van der Waals surface area contributed by atoms with Crippen LogP contribution in [-0.2, 0) is 16.8 Å². The van der Waals surface area contributed by atoms with Crippen LogP contribution in [0.25, 0.3) is 11.0 Å². The highest BCUT2D eigenvalue weighted by molar-refractivity contribution is 6.30. The zero-order chi connectivity index (χ0) is 17.4. The molecule has 0 aliphatic heterocycles. The van der Waals surface area contributed by atoms with Crippen LogP contribution in [0.1, 0.15) is 24.2 Å². The maximum Gasteiger partial charge on any atom is 0.230 e. The Balaban J connectivity index is 1.44. The van der Waals surface area contributed by atoms with Crippen LogP contribution in [-0.4, -0.2) is 22.0 Å². The van der Waals surface area contributed by atoms with E-state index in [-0.39, 0.29) is 11.3 Å². The van der Waals surface area contributed by atoms with E-state index in [4.69, 9.17) is 11.6 Å². The molecular weight excluding hydrogens is 334 g/mol. The van der Waals surface area contributed by atoms with Crippen molar-refractivity contribution in [3.05, 3.63) is 64.9 Å². The van der Waals surface area contributed by atoms with Gasteiger partial charge in [-0.25, -0.2) is 4.98 Å². The number of amides is 1. The zero-order valence-corrected chi connectivity index (χ0v) is 14.9. The van der Waals surface area contributed by atoms with Gasteiger partial charge in [0.2, 0.25) is 5.91 Å². The van der Waals surface area contributed by atoms with Gasteiger partial charge < -0.3 is 9.88 Å². The molecule has 4 rings (SSSR count). The number of carbonyl (C=O) groups excluding carboxylic acids is 1. The molecule has 5 heteroatoms. The molecule has 1 aliphatic carbocycles. The van der Waals surface area contributed by atoms with Gasteiger partial charge in [-0.1, -0.05) is 35.9 Å². The number of nitrogens with zero attached hydrogens (tertiary/aromatic N) is 2. The number of fused-ring (bicyclic) bond motifs is 1. The van der Waals surface area contributed by atoms with E-state index in [2.05, 4.69) is 20.9 Å². The molecule has 0 spiro atoms. The average molecular weight is 354 g/mol. The van der Waals surface area contributed by atoms with Crippen LogP contribution >= 0.6 is 11.6 Å². The molecule has 3 aromatic rings. The van der Waals surface area contributed by atoms with Crippen molar-refractivity contribution >= 4 is 28.5 Å². The molecule has 0 saturated heterocycles. The lowest BCUT2D eigenvalue weighted by Crippen LogP contribution is -2.36. The monoisotopic (exact) mass is 353 g/mol. The van der Waals surface area contributed by atoms with Crippen LogP contribution in [0.2, 0.25) is 5.02 Å². The molecule has 1 amide bonds. The summed E-state index contributed by atoms with van der Waals surface area (Å²) in [6, 6.07) is 15.7. The first-order valence-corrected chi connectivity index (χ1v) is 8.94. The van der Waals surface area contributed by atoms with Gasteiger partial charge in [-0.2, -0.15) is 0 Å². The van der Waals surface area contributed by atoms with Crippen molar-refractivity contribution in [2.24, 2.45) is 0 Å². The maximum atomic E-state index is 12.7. The zero-order valence-electron chi connectivity index (χ0n) is 14.1. The number of para-hydroxylation sites is 2. The summed E-state index contributed by atoms with van der Waals surface area (Å²) in [7, 11) is 0. The minimum Gasteiger partial charge on any atom is -0.354 e. The van der Waals surface area contributed by atoms with E-state index >= 15 is 0 Å². The van der Waals surface area contributed by atoms with Gasteiger partial charge in [0.05, 0.1) is 16.4 Å². The Labute approximate surface area is 151 Å². The topological polar surface area (TPSA) is 46.9 Å². The van der Waals surface area contributed by atoms with Crippen molar-refractivity contribution in [1.29, 1.82) is 0 Å². The molecule has 1 aliphatic rings. The summed E-state index contributed by atoms with van der Waals surface area (Å²) in [6.45, 7) is 3.31. The second kappa shape index (κ2) is 6.19. The van der Waals surface area contributed by atoms with E-state index in [0.717, 1.165) is 41.8 Å². The SMILES string of the molecule is Cc1nc2ccccc2n1CCNC(=O)C1(c2ccc(Cl)cc2)CC1. The van der Waals surface area contributed by atoms with Crippen molar-refractivity contribution in [2.45, 2.75) is 31.7 Å². The Hall–Kier alpha value is -2.33. The van der Waals surface area contributed by atoms with Crippen LogP contribution in [0.15, 0.2) is 48.5 Å². The van der Waals surface area contributed by atoms with Crippen molar-refractivity contribution in [2.75, 3.05) is 6.54 Å². The van der Waals surface area contributed by atoms with Gasteiger partial charge in [0.25, 0.3) is 0 Å². The first-order valence-electron chi connectivity index (χ1n) is 8.56. The summed E-state index contributed by atoms with van der Waals surface area (Å²) in [5, 5.41) is 3.80. The Morgan fingerprint density at radius 2 is 1.92 bits per heavy atom. The highest BCUT2D eigenvalue weighted by Crippen LogP contribution is 2.48. The van der Waals surface area contributed by atoms with Gasteiger partial charge in [0.1, 0.15) is 5.82 Å². The predicted molar refractivity (Wildman–Crippen MR) is 99.8 cm³/mol. The second-order valence-electron chi connectivity index (χ2n) is 6.64. The van der Waals surface area contributed by atoms with Crippen LogP contribution in [0.4, 0.5) is 0 Å². The lowest BCUT2D eigenvalue weighted by atomic mass is 9.95. The van der Waals surface area contributed by atoms with Crippen LogP contribution < -0.4 is 5.32 Å². The summed E-state index contributed by atoms with van der Waals surface area (Å²) >= 11 is 5.96. The quantitative estimate of drug-likeness (QED) is 0.757. The molecule has 1 saturated carbocycles. The van der Waals surface area contributed by atoms with E-state index in [1.165, 1.54) is 0 Å². The molecule has 4 nitrogen and oxygen atoms in total. The third-order valence-electron chi connectivity index (χ3n) is 5.05. The standard InChI is InChI=1S/C20H20ClN3O/c1-14-23-17-4-2-3-5-18(17)24(14)13-12-22-19(25)20(10-11-20)15-6-8-16(21)9-7-15/h2-9H,10-13H2,1H3,(H,22,25). The first kappa shape index (κ1) is 16.2. The number of aromatic nitrogens is 2. The van der Waals surface area contributed by atoms with E-state index in [9.17, 15) is 4.79 Å². The number of imidazole rings is 1. The molecule has 1 heterocycles. The Bertz CT molecular complexity index is 926. The number of carbonyl (C=O) groups is 1. The molecule has 0 unspecified atom stereocenters. The normalized spacial score (nSPS) is 15.3. The Morgan fingerprint density at radius 3 is 2.64 bits per heavy atom. The number of benzene rings is 2. The lowest BCUT2D eigenvalue weighted by Gasteiger charge is -2.16. The third-order valence-corrected chi connectivity index (χ3v) is 5.30. The smallest absolute Gasteiger partial charge is 0.230 e. The number of hydrogen-bond donors (Lipinski definition) is 1. The van der Waals surface area contributed by atoms with Gasteiger partial charge >= 0.3 is 0 Å². The summed E-state index contributed by atoms with van der Waals surface area (Å²) in [5.41, 5.74) is 2.79. The third kappa shape index (κ3) is 2.91. The first-order chi connectivity index (χ1) is 12.1. The number of aryl methyl sites for hydroxylation is 1. The number of rotatable bonds is 5. The number of hydrogen-bond acceptors (Lipinski definition) is 2. The molecule has 0 radical (unpaired) electrons. The molecule has 128 valence electrons. The molecule has 1 aromatic heterocycles. The molecule has 0 atom stereocenters. The summed E-state index contributed by atoms with van der Waals surface area (Å²) < 4.78 is 2.15. The molecular formula is C20H20ClN3O. The van der Waals surface area contributed by atoms with E-state index in [1.807, 2.05) is 49.4 Å².